The number of halogens is 2. The molecule has 1 fully saturated rings. The summed E-state index contributed by atoms with van der Waals surface area (Å²) in [5, 5.41) is 1.05. The van der Waals surface area contributed by atoms with Crippen LogP contribution < -0.4 is 9.80 Å². The predicted molar refractivity (Wildman–Crippen MR) is 98.1 cm³/mol. The van der Waals surface area contributed by atoms with Crippen molar-refractivity contribution in [2.75, 3.05) is 36.0 Å². The molecular weight excluding hydrogens is 377 g/mol. The van der Waals surface area contributed by atoms with Gasteiger partial charge in [0, 0.05) is 30.7 Å². The highest BCUT2D eigenvalue weighted by Crippen LogP contribution is 2.31. The first kappa shape index (κ1) is 14.9. The SMILES string of the molecule is Fc1ccccc1N1CCN(c2nc3ccc(Br)cc3s2)CC1. The molecule has 1 saturated heterocycles. The Morgan fingerprint density at radius 3 is 2.52 bits per heavy atom. The zero-order valence-electron chi connectivity index (χ0n) is 12.4. The van der Waals surface area contributed by atoms with Crippen LogP contribution in [-0.2, 0) is 0 Å². The van der Waals surface area contributed by atoms with Crippen LogP contribution in [0.5, 0.6) is 0 Å². The van der Waals surface area contributed by atoms with E-state index in [1.165, 1.54) is 10.8 Å². The second-order valence-corrected chi connectivity index (χ2v) is 7.46. The number of rotatable bonds is 2. The van der Waals surface area contributed by atoms with Crippen molar-refractivity contribution in [1.29, 1.82) is 0 Å². The van der Waals surface area contributed by atoms with E-state index in [9.17, 15) is 4.39 Å². The summed E-state index contributed by atoms with van der Waals surface area (Å²) < 4.78 is 16.2. The number of para-hydroxylation sites is 1. The molecule has 0 aliphatic carbocycles. The van der Waals surface area contributed by atoms with Gasteiger partial charge < -0.3 is 9.80 Å². The van der Waals surface area contributed by atoms with Gasteiger partial charge in [-0.15, -0.1) is 0 Å². The molecule has 1 aliphatic heterocycles. The topological polar surface area (TPSA) is 19.4 Å². The first-order valence-corrected chi connectivity index (χ1v) is 9.12. The van der Waals surface area contributed by atoms with Gasteiger partial charge in [-0.1, -0.05) is 39.4 Å². The van der Waals surface area contributed by atoms with Crippen molar-refractivity contribution in [3.8, 4) is 0 Å². The minimum absolute atomic E-state index is 0.147. The summed E-state index contributed by atoms with van der Waals surface area (Å²) >= 11 is 5.21. The molecule has 0 unspecified atom stereocenters. The van der Waals surface area contributed by atoms with Gasteiger partial charge in [-0.25, -0.2) is 9.37 Å². The number of anilines is 2. The maximum atomic E-state index is 13.9. The predicted octanol–water partition coefficient (Wildman–Crippen LogP) is 4.52. The van der Waals surface area contributed by atoms with E-state index in [1.807, 2.05) is 24.3 Å². The zero-order chi connectivity index (χ0) is 15.8. The molecule has 23 heavy (non-hydrogen) atoms. The lowest BCUT2D eigenvalue weighted by Crippen LogP contribution is -2.46. The van der Waals surface area contributed by atoms with Crippen LogP contribution in [0, 0.1) is 5.82 Å². The fraction of sp³-hybridized carbons (Fsp3) is 0.235. The van der Waals surface area contributed by atoms with Crippen LogP contribution in [0.1, 0.15) is 0 Å². The molecule has 2 heterocycles. The van der Waals surface area contributed by atoms with E-state index < -0.39 is 0 Å². The third-order valence-electron chi connectivity index (χ3n) is 4.08. The van der Waals surface area contributed by atoms with E-state index in [2.05, 4.69) is 31.8 Å². The zero-order valence-corrected chi connectivity index (χ0v) is 14.8. The normalized spacial score (nSPS) is 15.4. The van der Waals surface area contributed by atoms with E-state index >= 15 is 0 Å². The molecule has 118 valence electrons. The number of hydrogen-bond acceptors (Lipinski definition) is 4. The van der Waals surface area contributed by atoms with E-state index in [-0.39, 0.29) is 5.82 Å². The molecule has 0 bridgehead atoms. The molecule has 0 spiro atoms. The van der Waals surface area contributed by atoms with Crippen LogP contribution in [0.4, 0.5) is 15.2 Å². The van der Waals surface area contributed by atoms with Crippen molar-refractivity contribution in [3.05, 3.63) is 52.8 Å². The fourth-order valence-corrected chi connectivity index (χ4v) is 4.44. The lowest BCUT2D eigenvalue weighted by Gasteiger charge is -2.36. The maximum Gasteiger partial charge on any atom is 0.186 e. The first-order chi connectivity index (χ1) is 11.2. The summed E-state index contributed by atoms with van der Waals surface area (Å²) in [6.07, 6.45) is 0. The Labute approximate surface area is 146 Å². The molecule has 1 aromatic heterocycles. The average Bonchev–Trinajstić information content (AvgIpc) is 2.98. The van der Waals surface area contributed by atoms with Crippen LogP contribution in [0.2, 0.25) is 0 Å². The van der Waals surface area contributed by atoms with Crippen molar-refractivity contribution in [1.82, 2.24) is 4.98 Å². The lowest BCUT2D eigenvalue weighted by atomic mass is 10.2. The fourth-order valence-electron chi connectivity index (χ4n) is 2.87. The van der Waals surface area contributed by atoms with Crippen molar-refractivity contribution in [3.63, 3.8) is 0 Å². The number of aromatic nitrogens is 1. The van der Waals surface area contributed by atoms with Gasteiger partial charge in [-0.05, 0) is 30.3 Å². The van der Waals surface area contributed by atoms with E-state index in [4.69, 9.17) is 4.98 Å². The molecule has 3 nitrogen and oxygen atoms in total. The lowest BCUT2D eigenvalue weighted by molar-refractivity contribution is 0.597. The third kappa shape index (κ3) is 2.93. The third-order valence-corrected chi connectivity index (χ3v) is 5.65. The molecule has 6 heteroatoms. The van der Waals surface area contributed by atoms with E-state index in [0.29, 0.717) is 5.69 Å². The monoisotopic (exact) mass is 391 g/mol. The summed E-state index contributed by atoms with van der Waals surface area (Å²) in [7, 11) is 0. The van der Waals surface area contributed by atoms with Crippen molar-refractivity contribution >= 4 is 48.3 Å². The summed E-state index contributed by atoms with van der Waals surface area (Å²) in [5.41, 5.74) is 1.73. The molecule has 0 atom stereocenters. The second kappa shape index (κ2) is 6.09. The van der Waals surface area contributed by atoms with Gasteiger partial charge in [0.1, 0.15) is 5.82 Å². The molecule has 0 saturated carbocycles. The van der Waals surface area contributed by atoms with Gasteiger partial charge in [0.2, 0.25) is 0 Å². The van der Waals surface area contributed by atoms with Crippen molar-refractivity contribution in [2.24, 2.45) is 0 Å². The first-order valence-electron chi connectivity index (χ1n) is 7.51. The molecule has 0 amide bonds. The summed E-state index contributed by atoms with van der Waals surface area (Å²) in [5.74, 6) is -0.147. The molecule has 4 rings (SSSR count). The van der Waals surface area contributed by atoms with E-state index in [0.717, 1.165) is 41.3 Å². The van der Waals surface area contributed by atoms with Gasteiger partial charge in [0.25, 0.3) is 0 Å². The molecule has 1 aliphatic rings. The summed E-state index contributed by atoms with van der Waals surface area (Å²) in [4.78, 5) is 9.12. The number of piperazine rings is 1. The Morgan fingerprint density at radius 1 is 1.00 bits per heavy atom. The molecule has 0 radical (unpaired) electrons. The van der Waals surface area contributed by atoms with Crippen LogP contribution in [0.15, 0.2) is 46.9 Å². The van der Waals surface area contributed by atoms with Crippen molar-refractivity contribution < 1.29 is 4.39 Å². The molecule has 3 aromatic rings. The standard InChI is InChI=1S/C17H15BrFN3S/c18-12-5-6-14-16(11-12)23-17(20-14)22-9-7-21(8-10-22)15-4-2-1-3-13(15)19/h1-6,11H,7-10H2. The van der Waals surface area contributed by atoms with Gasteiger partial charge in [-0.3, -0.25) is 0 Å². The molecule has 0 N–H and O–H groups in total. The maximum absolute atomic E-state index is 13.9. The Kier molecular flexibility index (Phi) is 3.95. The molecular formula is C17H15BrFN3S. The quantitative estimate of drug-likeness (QED) is 0.639. The summed E-state index contributed by atoms with van der Waals surface area (Å²) in [6.45, 7) is 3.33. The van der Waals surface area contributed by atoms with Gasteiger partial charge in [-0.2, -0.15) is 0 Å². The number of benzene rings is 2. The summed E-state index contributed by atoms with van der Waals surface area (Å²) in [6, 6.07) is 13.1. The van der Waals surface area contributed by atoms with Crippen LogP contribution in [0.25, 0.3) is 10.2 Å². The minimum Gasteiger partial charge on any atom is -0.366 e. The van der Waals surface area contributed by atoms with Crippen LogP contribution in [0.3, 0.4) is 0 Å². The average molecular weight is 392 g/mol. The number of hydrogen-bond donors (Lipinski definition) is 0. The smallest absolute Gasteiger partial charge is 0.186 e. The Balaban J connectivity index is 1.51. The van der Waals surface area contributed by atoms with E-state index in [1.54, 1.807) is 17.4 Å². The van der Waals surface area contributed by atoms with Crippen molar-refractivity contribution in [2.45, 2.75) is 0 Å². The number of fused-ring (bicyclic) bond motifs is 1. The highest BCUT2D eigenvalue weighted by atomic mass is 79.9. The Morgan fingerprint density at radius 2 is 1.74 bits per heavy atom. The van der Waals surface area contributed by atoms with Crippen LogP contribution in [-0.4, -0.2) is 31.2 Å². The second-order valence-electron chi connectivity index (χ2n) is 5.53. The highest BCUT2D eigenvalue weighted by molar-refractivity contribution is 9.10. The van der Waals surface area contributed by atoms with Gasteiger partial charge in [0.15, 0.2) is 5.13 Å². The largest absolute Gasteiger partial charge is 0.366 e. The van der Waals surface area contributed by atoms with Gasteiger partial charge >= 0.3 is 0 Å². The number of nitrogens with zero attached hydrogens (tertiary/aromatic N) is 3. The Bertz CT molecular complexity index is 843. The molecule has 2 aromatic carbocycles. The highest BCUT2D eigenvalue weighted by Gasteiger charge is 2.21. The van der Waals surface area contributed by atoms with Crippen LogP contribution >= 0.6 is 27.3 Å². The minimum atomic E-state index is -0.147. The Hall–Kier alpha value is -1.66. The number of thiazole rings is 1. The van der Waals surface area contributed by atoms with Gasteiger partial charge in [0.05, 0.1) is 15.9 Å².